The van der Waals surface area contributed by atoms with Gasteiger partial charge in [0, 0.05) is 12.2 Å². The minimum atomic E-state index is 0.426. The first-order valence-electron chi connectivity index (χ1n) is 6.98. The molecule has 2 heterocycles. The molecule has 2 aliphatic heterocycles. The molecule has 4 aliphatic rings. The van der Waals surface area contributed by atoms with Crippen molar-refractivity contribution < 1.29 is 14.2 Å². The third-order valence-corrected chi connectivity index (χ3v) is 3.54. The van der Waals surface area contributed by atoms with Crippen LogP contribution in [0.25, 0.3) is 0 Å². The quantitative estimate of drug-likeness (QED) is 0.754. The molecule has 0 bridgehead atoms. The predicted molar refractivity (Wildman–Crippen MR) is 79.3 cm³/mol. The molecule has 21 heavy (non-hydrogen) atoms. The van der Waals surface area contributed by atoms with E-state index in [9.17, 15) is 0 Å². The number of rotatable bonds is 2. The van der Waals surface area contributed by atoms with E-state index in [1.54, 1.807) is 0 Å². The Kier molecular flexibility index (Phi) is 2.89. The van der Waals surface area contributed by atoms with Crippen molar-refractivity contribution in [2.24, 2.45) is 0 Å². The van der Waals surface area contributed by atoms with Crippen LogP contribution >= 0.6 is 0 Å². The van der Waals surface area contributed by atoms with E-state index >= 15 is 0 Å². The van der Waals surface area contributed by atoms with Crippen molar-refractivity contribution in [2.45, 2.75) is 12.8 Å². The first kappa shape index (κ1) is 12.1. The maximum atomic E-state index is 5.73. The fourth-order valence-corrected chi connectivity index (χ4v) is 2.45. The van der Waals surface area contributed by atoms with Gasteiger partial charge in [0.05, 0.1) is 0 Å². The Hall–Kier alpha value is -2.68. The van der Waals surface area contributed by atoms with E-state index in [0.29, 0.717) is 11.9 Å². The lowest BCUT2D eigenvalue weighted by molar-refractivity contribution is 0.0359. The lowest BCUT2D eigenvalue weighted by Gasteiger charge is -2.23. The van der Waals surface area contributed by atoms with Crippen LogP contribution in [0, 0.1) is 0 Å². The highest BCUT2D eigenvalue weighted by Gasteiger charge is 2.20. The largest absolute Gasteiger partial charge is 0.426 e. The summed E-state index contributed by atoms with van der Waals surface area (Å²) in [5.74, 6) is 2.52. The Labute approximate surface area is 123 Å². The highest BCUT2D eigenvalue weighted by atomic mass is 16.7. The van der Waals surface area contributed by atoms with Gasteiger partial charge >= 0.3 is 0 Å². The summed E-state index contributed by atoms with van der Waals surface area (Å²) in [5.41, 5.74) is 2.32. The molecule has 0 aromatic rings. The van der Waals surface area contributed by atoms with Crippen LogP contribution in [0.2, 0.25) is 0 Å². The molecular formula is C18H14O3. The SMILES string of the molecule is C1=CCC2=CC=C(OC3=CC=C4CC=CC=C4O3)OC2=C1. The summed E-state index contributed by atoms with van der Waals surface area (Å²) >= 11 is 0. The number of fused-ring (bicyclic) bond motifs is 2. The van der Waals surface area contributed by atoms with Gasteiger partial charge in [0.1, 0.15) is 11.5 Å². The second kappa shape index (κ2) is 5.02. The Bertz CT molecular complexity index is 660. The normalized spacial score (nSPS) is 22.1. The van der Waals surface area contributed by atoms with Crippen molar-refractivity contribution in [1.82, 2.24) is 0 Å². The van der Waals surface area contributed by atoms with E-state index in [-0.39, 0.29) is 0 Å². The fraction of sp³-hybridized carbons (Fsp3) is 0.111. The van der Waals surface area contributed by atoms with Gasteiger partial charge in [-0.15, -0.1) is 0 Å². The first-order valence-corrected chi connectivity index (χ1v) is 6.98. The zero-order chi connectivity index (χ0) is 14.1. The molecule has 0 aromatic carbocycles. The Morgan fingerprint density at radius 3 is 1.71 bits per heavy atom. The van der Waals surface area contributed by atoms with Crippen molar-refractivity contribution in [2.75, 3.05) is 0 Å². The van der Waals surface area contributed by atoms with Gasteiger partial charge in [-0.1, -0.05) is 24.3 Å². The zero-order valence-corrected chi connectivity index (χ0v) is 11.4. The number of allylic oxidation sites excluding steroid dienone is 12. The van der Waals surface area contributed by atoms with Gasteiger partial charge in [0.2, 0.25) is 0 Å². The van der Waals surface area contributed by atoms with Gasteiger partial charge < -0.3 is 14.2 Å². The molecule has 3 heteroatoms. The van der Waals surface area contributed by atoms with Gasteiger partial charge in [0.15, 0.2) is 0 Å². The fourth-order valence-electron chi connectivity index (χ4n) is 2.45. The second-order valence-corrected chi connectivity index (χ2v) is 4.99. The monoisotopic (exact) mass is 278 g/mol. The van der Waals surface area contributed by atoms with Crippen molar-refractivity contribution in [1.29, 1.82) is 0 Å². The minimum Gasteiger partial charge on any atom is -0.426 e. The van der Waals surface area contributed by atoms with Crippen molar-refractivity contribution in [3.63, 3.8) is 0 Å². The van der Waals surface area contributed by atoms with E-state index in [0.717, 1.165) is 35.5 Å². The van der Waals surface area contributed by atoms with E-state index in [2.05, 4.69) is 12.2 Å². The summed E-state index contributed by atoms with van der Waals surface area (Å²) in [7, 11) is 0. The average Bonchev–Trinajstić information content (AvgIpc) is 2.55. The van der Waals surface area contributed by atoms with Gasteiger partial charge in [-0.2, -0.15) is 0 Å². The Morgan fingerprint density at radius 2 is 1.19 bits per heavy atom. The maximum Gasteiger partial charge on any atom is 0.292 e. The number of hydrogen-bond acceptors (Lipinski definition) is 3. The van der Waals surface area contributed by atoms with E-state index in [4.69, 9.17) is 14.2 Å². The standard InChI is InChI=1S/C18H14O3/c1-3-7-15-13(5-1)9-11-17(19-15)21-18-12-10-14-6-2-4-8-16(14)20-18/h1-4,7-12H,5-6H2. The molecular weight excluding hydrogens is 264 g/mol. The molecule has 0 aromatic heterocycles. The van der Waals surface area contributed by atoms with Gasteiger partial charge in [0.25, 0.3) is 11.9 Å². The number of ether oxygens (including phenoxy) is 3. The van der Waals surface area contributed by atoms with Crippen LogP contribution in [0.15, 0.2) is 95.3 Å². The predicted octanol–water partition coefficient (Wildman–Crippen LogP) is 4.29. The molecule has 4 rings (SSSR count). The molecule has 0 saturated heterocycles. The summed E-state index contributed by atoms with van der Waals surface area (Å²) in [6.45, 7) is 0. The molecule has 0 amide bonds. The maximum absolute atomic E-state index is 5.73. The molecule has 0 saturated carbocycles. The summed E-state index contributed by atoms with van der Waals surface area (Å²) in [4.78, 5) is 0. The molecule has 0 radical (unpaired) electrons. The molecule has 2 aliphatic carbocycles. The minimum absolute atomic E-state index is 0.426. The van der Waals surface area contributed by atoms with Crippen LogP contribution in [0.4, 0.5) is 0 Å². The molecule has 0 fully saturated rings. The molecule has 104 valence electrons. The lowest BCUT2D eigenvalue weighted by atomic mass is 10.0. The highest BCUT2D eigenvalue weighted by molar-refractivity contribution is 5.42. The lowest BCUT2D eigenvalue weighted by Crippen LogP contribution is -2.09. The zero-order valence-electron chi connectivity index (χ0n) is 11.4. The van der Waals surface area contributed by atoms with Crippen molar-refractivity contribution in [3.8, 4) is 0 Å². The summed E-state index contributed by atoms with van der Waals surface area (Å²) in [6.07, 6.45) is 21.5. The van der Waals surface area contributed by atoms with E-state index in [1.807, 2.05) is 48.6 Å². The summed E-state index contributed by atoms with van der Waals surface area (Å²) in [5, 5.41) is 0. The van der Waals surface area contributed by atoms with Crippen LogP contribution in [0.5, 0.6) is 0 Å². The molecule has 3 nitrogen and oxygen atoms in total. The van der Waals surface area contributed by atoms with Crippen LogP contribution in [0.1, 0.15) is 12.8 Å². The van der Waals surface area contributed by atoms with Crippen molar-refractivity contribution in [3.05, 3.63) is 95.3 Å². The summed E-state index contributed by atoms with van der Waals surface area (Å²) in [6, 6.07) is 0. The molecule has 0 atom stereocenters. The van der Waals surface area contributed by atoms with Crippen LogP contribution in [0.3, 0.4) is 0 Å². The topological polar surface area (TPSA) is 27.7 Å². The van der Waals surface area contributed by atoms with Crippen LogP contribution < -0.4 is 0 Å². The van der Waals surface area contributed by atoms with Gasteiger partial charge in [-0.3, -0.25) is 0 Å². The van der Waals surface area contributed by atoms with Gasteiger partial charge in [-0.05, 0) is 48.3 Å². The first-order chi connectivity index (χ1) is 10.4. The van der Waals surface area contributed by atoms with E-state index in [1.165, 1.54) is 0 Å². The average molecular weight is 278 g/mol. The van der Waals surface area contributed by atoms with Gasteiger partial charge in [-0.25, -0.2) is 0 Å². The van der Waals surface area contributed by atoms with Crippen LogP contribution in [-0.2, 0) is 14.2 Å². The Balaban J connectivity index is 1.51. The summed E-state index contributed by atoms with van der Waals surface area (Å²) < 4.78 is 17.2. The molecule has 0 spiro atoms. The molecule has 0 N–H and O–H groups in total. The second-order valence-electron chi connectivity index (χ2n) is 4.99. The number of hydrogen-bond donors (Lipinski definition) is 0. The third kappa shape index (κ3) is 2.38. The third-order valence-electron chi connectivity index (χ3n) is 3.54. The smallest absolute Gasteiger partial charge is 0.292 e. The highest BCUT2D eigenvalue weighted by Crippen LogP contribution is 2.32. The molecule has 0 unspecified atom stereocenters. The van der Waals surface area contributed by atoms with Crippen LogP contribution in [-0.4, -0.2) is 0 Å². The Morgan fingerprint density at radius 1 is 0.667 bits per heavy atom. The van der Waals surface area contributed by atoms with E-state index < -0.39 is 0 Å². The van der Waals surface area contributed by atoms with Crippen molar-refractivity contribution >= 4 is 0 Å².